The summed E-state index contributed by atoms with van der Waals surface area (Å²) in [7, 11) is -0.703. The Balaban J connectivity index is 1.51. The van der Waals surface area contributed by atoms with Crippen molar-refractivity contribution in [1.82, 2.24) is 14.5 Å². The average molecular weight is 627 g/mol. The lowest BCUT2D eigenvalue weighted by Crippen LogP contribution is -2.67. The predicted octanol–water partition coefficient (Wildman–Crippen LogP) is 7.19. The molecule has 0 bridgehead atoms. The molecule has 4 rings (SSSR count). The molecule has 0 unspecified atom stereocenters. The molecular formula is C38H54N4O2Si. The van der Waals surface area contributed by atoms with Gasteiger partial charge in [0.1, 0.15) is 11.2 Å². The maximum Gasteiger partial charge on any atom is 0.261 e. The number of aromatic nitrogens is 3. The van der Waals surface area contributed by atoms with Gasteiger partial charge in [0.05, 0.1) is 12.8 Å². The van der Waals surface area contributed by atoms with Crippen LogP contribution >= 0.6 is 0 Å². The molecule has 2 N–H and O–H groups in total. The molecule has 0 amide bonds. The molecule has 45 heavy (non-hydrogen) atoms. The van der Waals surface area contributed by atoms with Crippen LogP contribution in [0.25, 0.3) is 11.2 Å². The molecule has 0 aliphatic heterocycles. The maximum atomic E-state index is 13.3. The number of hydrogen-bond donors (Lipinski definition) is 1. The van der Waals surface area contributed by atoms with Gasteiger partial charge >= 0.3 is 0 Å². The van der Waals surface area contributed by atoms with E-state index in [9.17, 15) is 4.79 Å². The van der Waals surface area contributed by atoms with Crippen LogP contribution in [0.5, 0.6) is 0 Å². The van der Waals surface area contributed by atoms with Crippen molar-refractivity contribution < 1.29 is 9.22 Å². The monoisotopic (exact) mass is 626 g/mol. The van der Waals surface area contributed by atoms with Crippen LogP contribution in [-0.2, 0) is 16.9 Å². The maximum absolute atomic E-state index is 13.3. The molecule has 0 spiro atoms. The van der Waals surface area contributed by atoms with Gasteiger partial charge in [-0.1, -0.05) is 123 Å². The van der Waals surface area contributed by atoms with Crippen LogP contribution in [0.4, 0.5) is 0 Å². The van der Waals surface area contributed by atoms with Crippen LogP contribution in [0.2, 0.25) is 5.04 Å². The quantitative estimate of drug-likeness (QED) is 0.141. The van der Waals surface area contributed by atoms with Crippen LogP contribution in [0.1, 0.15) is 97.8 Å². The van der Waals surface area contributed by atoms with E-state index in [1.54, 1.807) is 6.20 Å². The van der Waals surface area contributed by atoms with Crippen LogP contribution in [0.15, 0.2) is 72.9 Å². The van der Waals surface area contributed by atoms with Crippen LogP contribution < -0.4 is 16.1 Å². The Labute approximate surface area is 272 Å². The van der Waals surface area contributed by atoms with Crippen molar-refractivity contribution in [1.29, 1.82) is 0 Å². The van der Waals surface area contributed by atoms with E-state index in [0.29, 0.717) is 18.7 Å². The third kappa shape index (κ3) is 7.48. The summed E-state index contributed by atoms with van der Waals surface area (Å²) < 4.78 is 9.26. The zero-order chi connectivity index (χ0) is 33.2. The summed E-state index contributed by atoms with van der Waals surface area (Å²) in [6, 6.07) is 23.3. The van der Waals surface area contributed by atoms with Crippen molar-refractivity contribution in [2.45, 2.75) is 98.1 Å². The number of nitrogens with zero attached hydrogens (tertiary/aromatic N) is 3. The molecule has 2 heterocycles. The van der Waals surface area contributed by atoms with Crippen molar-refractivity contribution >= 4 is 35.6 Å². The van der Waals surface area contributed by atoms with Crippen LogP contribution in [-0.4, -0.2) is 41.3 Å². The summed E-state index contributed by atoms with van der Waals surface area (Å²) in [4.78, 5) is 22.6. The second-order valence-corrected chi connectivity index (χ2v) is 20.0. The fourth-order valence-corrected chi connectivity index (χ4v) is 11.5. The van der Waals surface area contributed by atoms with Crippen molar-refractivity contribution in [3.05, 3.63) is 84.3 Å². The first-order valence-electron chi connectivity index (χ1n) is 16.3. The number of aryl methyl sites for hydroxylation is 1. The minimum atomic E-state index is -2.70. The van der Waals surface area contributed by atoms with E-state index in [1.807, 2.05) is 7.05 Å². The minimum absolute atomic E-state index is 0.0210. The Bertz CT molecular complexity index is 1540. The molecule has 2 aromatic heterocycles. The summed E-state index contributed by atoms with van der Waals surface area (Å²) >= 11 is 0. The zero-order valence-electron chi connectivity index (χ0n) is 29.1. The molecule has 7 heteroatoms. The van der Waals surface area contributed by atoms with Gasteiger partial charge in [0.2, 0.25) is 0 Å². The Morgan fingerprint density at radius 1 is 0.911 bits per heavy atom. The molecule has 4 aromatic rings. The van der Waals surface area contributed by atoms with Crippen molar-refractivity contribution in [3.63, 3.8) is 0 Å². The minimum Gasteiger partial charge on any atom is -0.406 e. The van der Waals surface area contributed by atoms with E-state index in [4.69, 9.17) is 15.1 Å². The Kier molecular flexibility index (Phi) is 10.3. The first kappa shape index (κ1) is 34.7. The van der Waals surface area contributed by atoms with Gasteiger partial charge < -0.3 is 14.7 Å². The summed E-state index contributed by atoms with van der Waals surface area (Å²) in [5, 5.41) is 2.38. The number of fused-ring (bicyclic) bond motifs is 1. The Hall–Kier alpha value is -3.13. The normalized spacial score (nSPS) is 14.5. The Morgan fingerprint density at radius 3 is 1.96 bits per heavy atom. The molecule has 0 radical (unpaired) electrons. The number of carbonyl (C=O) groups excluding carboxylic acids is 1. The third-order valence-electron chi connectivity index (χ3n) is 9.25. The highest BCUT2D eigenvalue weighted by Gasteiger charge is 2.50. The topological polar surface area (TPSA) is 83.0 Å². The molecule has 0 saturated heterocycles. The summed E-state index contributed by atoms with van der Waals surface area (Å²) in [6.07, 6.45) is 3.59. The fourth-order valence-electron chi connectivity index (χ4n) is 6.93. The van der Waals surface area contributed by atoms with Crippen molar-refractivity contribution in [2.24, 2.45) is 24.1 Å². The average Bonchev–Trinajstić information content (AvgIpc) is 3.31. The lowest BCUT2D eigenvalue weighted by Gasteiger charge is -2.44. The first-order chi connectivity index (χ1) is 21.0. The summed E-state index contributed by atoms with van der Waals surface area (Å²) in [5.41, 5.74) is 10.1. The second kappa shape index (κ2) is 13.3. The standard InChI is InChI=1S/C38H54N4O2Si/c1-36(2,3)29(22-17-23-33(43)32-25-40-31-24-34(37(4,5)6)42(10)35(31)41-32)30(39)26-44-45(38(7,8)9,27-18-13-11-14-19-27)28-20-15-12-16-21-28/h11-16,18-21,24-25,29-30H,17,22-23,26,39H2,1-10H3/t29-,30+/m1/s1. The van der Waals surface area contributed by atoms with Gasteiger partial charge in [-0.15, -0.1) is 0 Å². The Morgan fingerprint density at radius 2 is 1.47 bits per heavy atom. The third-order valence-corrected chi connectivity index (χ3v) is 14.3. The highest BCUT2D eigenvalue weighted by Crippen LogP contribution is 2.38. The highest BCUT2D eigenvalue weighted by atomic mass is 28.4. The number of nitrogens with two attached hydrogens (primary N) is 1. The zero-order valence-corrected chi connectivity index (χ0v) is 30.1. The van der Waals surface area contributed by atoms with E-state index >= 15 is 0 Å². The predicted molar refractivity (Wildman–Crippen MR) is 190 cm³/mol. The lowest BCUT2D eigenvalue weighted by atomic mass is 9.74. The van der Waals surface area contributed by atoms with Crippen molar-refractivity contribution in [3.8, 4) is 0 Å². The molecule has 6 nitrogen and oxygen atoms in total. The second-order valence-electron chi connectivity index (χ2n) is 15.7. The van der Waals surface area contributed by atoms with Crippen molar-refractivity contribution in [2.75, 3.05) is 6.61 Å². The largest absolute Gasteiger partial charge is 0.406 e. The molecule has 0 fully saturated rings. The van der Waals surface area contributed by atoms with Gasteiger partial charge in [-0.3, -0.25) is 9.78 Å². The number of benzene rings is 2. The number of hydrogen-bond acceptors (Lipinski definition) is 5. The number of ketones is 1. The molecule has 0 aliphatic rings. The van der Waals surface area contributed by atoms with Gasteiger partial charge in [0.15, 0.2) is 11.4 Å². The van der Waals surface area contributed by atoms with E-state index in [2.05, 4.69) is 139 Å². The van der Waals surface area contributed by atoms with Gasteiger partial charge in [0, 0.05) is 30.6 Å². The smallest absolute Gasteiger partial charge is 0.261 e. The lowest BCUT2D eigenvalue weighted by molar-refractivity contribution is 0.0958. The fraction of sp³-hybridized carbons (Fsp3) is 0.500. The van der Waals surface area contributed by atoms with Gasteiger partial charge in [0.25, 0.3) is 8.32 Å². The van der Waals surface area contributed by atoms with Crippen LogP contribution in [0.3, 0.4) is 0 Å². The molecule has 2 atom stereocenters. The molecule has 2 aromatic carbocycles. The number of rotatable bonds is 11. The summed E-state index contributed by atoms with van der Waals surface area (Å²) in [5.74, 6) is 0.187. The SMILES string of the molecule is Cn1c(C(C)(C)C)cc2ncc(C(=O)CCC[C@H]([C@@H](N)CO[Si](c3ccccc3)(c3ccccc3)C(C)(C)C)C(C)(C)C)nc21. The van der Waals surface area contributed by atoms with Gasteiger partial charge in [-0.25, -0.2) is 4.98 Å². The van der Waals surface area contributed by atoms with Crippen LogP contribution in [0, 0.1) is 11.3 Å². The highest BCUT2D eigenvalue weighted by molar-refractivity contribution is 6.99. The number of carbonyl (C=O) groups is 1. The number of Topliss-reactive ketones (excluding diaryl/α,β-unsaturated/α-hetero) is 1. The van der Waals surface area contributed by atoms with Gasteiger partial charge in [-0.2, -0.15) is 0 Å². The molecule has 242 valence electrons. The van der Waals surface area contributed by atoms with E-state index in [-0.39, 0.29) is 33.6 Å². The van der Waals surface area contributed by atoms with Gasteiger partial charge in [-0.05, 0) is 45.7 Å². The first-order valence-corrected chi connectivity index (χ1v) is 18.2. The summed E-state index contributed by atoms with van der Waals surface area (Å²) in [6.45, 7) is 20.5. The molecule has 0 aliphatic carbocycles. The van der Waals surface area contributed by atoms with E-state index in [1.165, 1.54) is 10.4 Å². The molecular weight excluding hydrogens is 573 g/mol. The van der Waals surface area contributed by atoms with E-state index in [0.717, 1.165) is 29.7 Å². The van der Waals surface area contributed by atoms with E-state index < -0.39 is 8.32 Å². The molecule has 0 saturated carbocycles.